The van der Waals surface area contributed by atoms with Crippen LogP contribution in [-0.2, 0) is 4.74 Å². The first-order valence-corrected chi connectivity index (χ1v) is 6.88. The van der Waals surface area contributed by atoms with E-state index in [-0.39, 0.29) is 11.4 Å². The molecule has 0 bridgehead atoms. The van der Waals surface area contributed by atoms with Crippen molar-refractivity contribution in [2.45, 2.75) is 0 Å². The number of hydrogen-bond donors (Lipinski definition) is 0. The second kappa shape index (κ2) is 6.52. The summed E-state index contributed by atoms with van der Waals surface area (Å²) in [6, 6.07) is 4.71. The number of esters is 1. The minimum atomic E-state index is -0.558. The van der Waals surface area contributed by atoms with Gasteiger partial charge in [-0.1, -0.05) is 34.8 Å². The Hall–Kier alpha value is -1.49. The molecular formula is C14H10Cl3NO3. The molecule has 0 amide bonds. The average molecular weight is 347 g/mol. The molecule has 0 radical (unpaired) electrons. The van der Waals surface area contributed by atoms with Crippen molar-refractivity contribution >= 4 is 40.8 Å². The van der Waals surface area contributed by atoms with Crippen LogP contribution >= 0.6 is 34.8 Å². The van der Waals surface area contributed by atoms with E-state index in [4.69, 9.17) is 44.3 Å². The van der Waals surface area contributed by atoms with Crippen LogP contribution in [-0.4, -0.2) is 25.2 Å². The molecule has 1 aromatic carbocycles. The van der Waals surface area contributed by atoms with Gasteiger partial charge in [-0.2, -0.15) is 0 Å². The summed E-state index contributed by atoms with van der Waals surface area (Å²) in [5.74, 6) is -0.390. The van der Waals surface area contributed by atoms with Crippen LogP contribution < -0.4 is 4.74 Å². The van der Waals surface area contributed by atoms with E-state index in [1.54, 1.807) is 12.1 Å². The van der Waals surface area contributed by atoms with Crippen LogP contribution in [0.1, 0.15) is 10.4 Å². The van der Waals surface area contributed by atoms with Crippen molar-refractivity contribution in [2.24, 2.45) is 0 Å². The third-order valence-corrected chi connectivity index (χ3v) is 3.81. The van der Waals surface area contributed by atoms with Gasteiger partial charge in [0.1, 0.15) is 5.56 Å². The van der Waals surface area contributed by atoms with E-state index < -0.39 is 5.97 Å². The molecule has 7 heteroatoms. The molecular weight excluding hydrogens is 337 g/mol. The fraction of sp³-hybridized carbons (Fsp3) is 0.143. The number of aromatic nitrogens is 1. The second-order valence-electron chi connectivity index (χ2n) is 4.02. The summed E-state index contributed by atoms with van der Waals surface area (Å²) < 4.78 is 9.74. The summed E-state index contributed by atoms with van der Waals surface area (Å²) in [6.45, 7) is 0. The number of hydrogen-bond acceptors (Lipinski definition) is 4. The van der Waals surface area contributed by atoms with E-state index in [0.29, 0.717) is 26.2 Å². The Morgan fingerprint density at radius 3 is 2.33 bits per heavy atom. The lowest BCUT2D eigenvalue weighted by atomic mass is 10.1. The average Bonchev–Trinajstić information content (AvgIpc) is 2.49. The van der Waals surface area contributed by atoms with Gasteiger partial charge in [-0.05, 0) is 18.2 Å². The van der Waals surface area contributed by atoms with E-state index in [9.17, 15) is 4.79 Å². The normalized spacial score (nSPS) is 10.3. The van der Waals surface area contributed by atoms with Gasteiger partial charge in [0.25, 0.3) is 0 Å². The Morgan fingerprint density at radius 2 is 1.71 bits per heavy atom. The van der Waals surface area contributed by atoms with Crippen LogP contribution in [0.4, 0.5) is 0 Å². The largest absolute Gasteiger partial charge is 0.480 e. The van der Waals surface area contributed by atoms with E-state index in [0.717, 1.165) is 0 Å². The van der Waals surface area contributed by atoms with E-state index in [1.165, 1.54) is 26.5 Å². The van der Waals surface area contributed by atoms with Crippen LogP contribution in [0.2, 0.25) is 15.1 Å². The van der Waals surface area contributed by atoms with Crippen LogP contribution in [0.25, 0.3) is 11.1 Å². The monoisotopic (exact) mass is 345 g/mol. The minimum absolute atomic E-state index is 0.168. The zero-order valence-electron chi connectivity index (χ0n) is 11.1. The SMILES string of the molecule is COC(=O)c1cc(-c2cc(Cl)c(Cl)cc2Cl)cnc1OC. The van der Waals surface area contributed by atoms with Gasteiger partial charge in [-0.25, -0.2) is 9.78 Å². The highest BCUT2D eigenvalue weighted by atomic mass is 35.5. The van der Waals surface area contributed by atoms with Crippen LogP contribution in [0.3, 0.4) is 0 Å². The maximum Gasteiger partial charge on any atom is 0.343 e. The van der Waals surface area contributed by atoms with Gasteiger partial charge in [-0.3, -0.25) is 0 Å². The zero-order valence-corrected chi connectivity index (χ0v) is 13.4. The van der Waals surface area contributed by atoms with Crippen molar-refractivity contribution < 1.29 is 14.3 Å². The number of carbonyl (C=O) groups is 1. The predicted molar refractivity (Wildman–Crippen MR) is 82.6 cm³/mol. The first-order valence-electron chi connectivity index (χ1n) is 5.75. The predicted octanol–water partition coefficient (Wildman–Crippen LogP) is 4.50. The zero-order chi connectivity index (χ0) is 15.6. The highest BCUT2D eigenvalue weighted by molar-refractivity contribution is 6.44. The van der Waals surface area contributed by atoms with Gasteiger partial charge in [-0.15, -0.1) is 0 Å². The first-order chi connectivity index (χ1) is 9.97. The topological polar surface area (TPSA) is 48.4 Å². The van der Waals surface area contributed by atoms with Crippen LogP contribution in [0.5, 0.6) is 5.88 Å². The Labute approximate surface area is 136 Å². The summed E-state index contributed by atoms with van der Waals surface area (Å²) in [5.41, 5.74) is 1.39. The lowest BCUT2D eigenvalue weighted by molar-refractivity contribution is 0.0596. The molecule has 21 heavy (non-hydrogen) atoms. The van der Waals surface area contributed by atoms with Crippen molar-refractivity contribution in [1.82, 2.24) is 4.98 Å². The van der Waals surface area contributed by atoms with E-state index in [2.05, 4.69) is 4.98 Å². The molecule has 0 saturated heterocycles. The third kappa shape index (κ3) is 3.23. The van der Waals surface area contributed by atoms with Gasteiger partial charge in [0.05, 0.1) is 29.3 Å². The summed E-state index contributed by atoms with van der Waals surface area (Å²) in [5, 5.41) is 1.10. The van der Waals surface area contributed by atoms with Gasteiger partial charge >= 0.3 is 5.97 Å². The maximum atomic E-state index is 11.8. The van der Waals surface area contributed by atoms with Crippen molar-refractivity contribution in [3.63, 3.8) is 0 Å². The molecule has 0 aliphatic rings. The first kappa shape index (κ1) is 15.9. The summed E-state index contributed by atoms with van der Waals surface area (Å²) in [6.07, 6.45) is 1.52. The summed E-state index contributed by atoms with van der Waals surface area (Å²) >= 11 is 18.1. The maximum absolute atomic E-state index is 11.8. The van der Waals surface area contributed by atoms with Gasteiger partial charge in [0.15, 0.2) is 0 Å². The third-order valence-electron chi connectivity index (χ3n) is 2.77. The Kier molecular flexibility index (Phi) is 4.93. The van der Waals surface area contributed by atoms with Gasteiger partial charge in [0, 0.05) is 17.3 Å². The molecule has 0 aliphatic heterocycles. The Bertz CT molecular complexity index is 704. The number of pyridine rings is 1. The highest BCUT2D eigenvalue weighted by Gasteiger charge is 2.17. The minimum Gasteiger partial charge on any atom is -0.480 e. The molecule has 2 aromatic rings. The molecule has 0 fully saturated rings. The molecule has 0 atom stereocenters. The quantitative estimate of drug-likeness (QED) is 0.606. The van der Waals surface area contributed by atoms with Crippen molar-refractivity contribution in [1.29, 1.82) is 0 Å². The molecule has 0 unspecified atom stereocenters. The molecule has 0 N–H and O–H groups in total. The van der Waals surface area contributed by atoms with Crippen LogP contribution in [0, 0.1) is 0 Å². The van der Waals surface area contributed by atoms with Crippen LogP contribution in [0.15, 0.2) is 24.4 Å². The number of carbonyl (C=O) groups excluding carboxylic acids is 1. The number of nitrogens with zero attached hydrogens (tertiary/aromatic N) is 1. The molecule has 0 aliphatic carbocycles. The van der Waals surface area contributed by atoms with Crippen molar-refractivity contribution in [2.75, 3.05) is 14.2 Å². The molecule has 0 spiro atoms. The number of rotatable bonds is 3. The van der Waals surface area contributed by atoms with Crippen molar-refractivity contribution in [3.05, 3.63) is 45.0 Å². The lowest BCUT2D eigenvalue weighted by Crippen LogP contribution is -2.06. The van der Waals surface area contributed by atoms with Gasteiger partial charge in [0.2, 0.25) is 5.88 Å². The number of ether oxygens (including phenoxy) is 2. The Morgan fingerprint density at radius 1 is 1.05 bits per heavy atom. The highest BCUT2D eigenvalue weighted by Crippen LogP contribution is 2.36. The molecule has 1 aromatic heterocycles. The van der Waals surface area contributed by atoms with Gasteiger partial charge < -0.3 is 9.47 Å². The summed E-state index contributed by atoms with van der Waals surface area (Å²) in [4.78, 5) is 15.8. The number of benzene rings is 1. The molecule has 4 nitrogen and oxygen atoms in total. The number of halogens is 3. The van der Waals surface area contributed by atoms with E-state index >= 15 is 0 Å². The second-order valence-corrected chi connectivity index (χ2v) is 5.24. The number of methoxy groups -OCH3 is 2. The summed E-state index contributed by atoms with van der Waals surface area (Å²) in [7, 11) is 2.70. The Balaban J connectivity index is 2.60. The lowest BCUT2D eigenvalue weighted by Gasteiger charge is -2.10. The molecule has 0 saturated carbocycles. The molecule has 110 valence electrons. The van der Waals surface area contributed by atoms with Crippen molar-refractivity contribution in [3.8, 4) is 17.0 Å². The molecule has 2 rings (SSSR count). The standard InChI is InChI=1S/C14H10Cl3NO3/c1-20-13-9(14(19)21-2)3-7(6-18-13)8-4-11(16)12(17)5-10(8)15/h3-6H,1-2H3. The fourth-order valence-electron chi connectivity index (χ4n) is 1.76. The molecule has 1 heterocycles. The van der Waals surface area contributed by atoms with E-state index in [1.807, 2.05) is 0 Å². The fourth-order valence-corrected chi connectivity index (χ4v) is 2.42. The smallest absolute Gasteiger partial charge is 0.343 e.